The first kappa shape index (κ1) is 14.4. The van der Waals surface area contributed by atoms with Crippen LogP contribution in [0.15, 0.2) is 47.4 Å². The van der Waals surface area contributed by atoms with Crippen molar-refractivity contribution in [1.29, 1.82) is 0 Å². The van der Waals surface area contributed by atoms with Gasteiger partial charge in [0.15, 0.2) is 0 Å². The summed E-state index contributed by atoms with van der Waals surface area (Å²) in [5, 5.41) is 10.9. The highest BCUT2D eigenvalue weighted by molar-refractivity contribution is 5.92. The summed E-state index contributed by atoms with van der Waals surface area (Å²) in [6.45, 7) is 0.227. The van der Waals surface area contributed by atoms with E-state index in [4.69, 9.17) is 5.73 Å². The molecule has 0 aliphatic heterocycles. The van der Waals surface area contributed by atoms with Crippen LogP contribution in [0.25, 0.3) is 0 Å². The minimum atomic E-state index is -0.975. The van der Waals surface area contributed by atoms with Gasteiger partial charge >= 0.3 is 0 Å². The molecular weight excluding hydrogens is 274 g/mol. The summed E-state index contributed by atoms with van der Waals surface area (Å²) < 4.78 is 1.14. The molecule has 0 atom stereocenters. The molecule has 1 amide bonds. The first-order chi connectivity index (χ1) is 9.99. The molecule has 0 fully saturated rings. The first-order valence-electron chi connectivity index (χ1n) is 6.21. The number of amides is 1. The molecule has 0 spiro atoms. The number of carbonyl (C=O) groups excluding carboxylic acids is 1. The highest BCUT2D eigenvalue weighted by atomic mass is 16.6. The van der Waals surface area contributed by atoms with E-state index in [2.05, 4.69) is 0 Å². The van der Waals surface area contributed by atoms with E-state index in [1.54, 1.807) is 0 Å². The molecule has 0 unspecified atom stereocenters. The van der Waals surface area contributed by atoms with Crippen molar-refractivity contribution in [2.24, 2.45) is 5.73 Å². The molecule has 7 nitrogen and oxygen atoms in total. The Labute approximate surface area is 119 Å². The molecule has 108 valence electrons. The average molecular weight is 287 g/mol. The Morgan fingerprint density at radius 1 is 1.29 bits per heavy atom. The lowest BCUT2D eigenvalue weighted by atomic mass is 10.1. The van der Waals surface area contributed by atoms with Gasteiger partial charge in [0.25, 0.3) is 17.2 Å². The van der Waals surface area contributed by atoms with Gasteiger partial charge in [0.05, 0.1) is 11.1 Å². The smallest absolute Gasteiger partial charge is 0.286 e. The lowest BCUT2D eigenvalue weighted by molar-refractivity contribution is -0.385. The standard InChI is InChI=1S/C14H13N3O4/c15-13(18)12-8-11(17(20)21)9-16(14(12)19)7-6-10-4-2-1-3-5-10/h1-5,8-9H,6-7H2,(H2,15,18). The van der Waals surface area contributed by atoms with E-state index in [0.29, 0.717) is 6.42 Å². The Hall–Kier alpha value is -2.96. The van der Waals surface area contributed by atoms with E-state index in [1.807, 2.05) is 30.3 Å². The van der Waals surface area contributed by atoms with Crippen LogP contribution < -0.4 is 11.3 Å². The number of nitrogens with zero attached hydrogens (tertiary/aromatic N) is 2. The van der Waals surface area contributed by atoms with Gasteiger partial charge in [-0.2, -0.15) is 0 Å². The minimum Gasteiger partial charge on any atom is -0.365 e. The zero-order valence-electron chi connectivity index (χ0n) is 11.1. The molecule has 21 heavy (non-hydrogen) atoms. The fraction of sp³-hybridized carbons (Fsp3) is 0.143. The number of hydrogen-bond donors (Lipinski definition) is 1. The quantitative estimate of drug-likeness (QED) is 0.656. The SMILES string of the molecule is NC(=O)c1cc([N+](=O)[O-])cn(CCc2ccccc2)c1=O. The highest BCUT2D eigenvalue weighted by Crippen LogP contribution is 2.11. The van der Waals surface area contributed by atoms with E-state index in [-0.39, 0.29) is 17.8 Å². The van der Waals surface area contributed by atoms with E-state index in [0.717, 1.165) is 22.4 Å². The van der Waals surface area contributed by atoms with Gasteiger partial charge in [0.1, 0.15) is 5.56 Å². The van der Waals surface area contributed by atoms with E-state index in [1.165, 1.54) is 0 Å². The largest absolute Gasteiger partial charge is 0.365 e. The lowest BCUT2D eigenvalue weighted by Crippen LogP contribution is -2.30. The third kappa shape index (κ3) is 3.33. The highest BCUT2D eigenvalue weighted by Gasteiger charge is 2.17. The summed E-state index contributed by atoms with van der Waals surface area (Å²) in [6.07, 6.45) is 1.64. The number of primary amides is 1. The van der Waals surface area contributed by atoms with Crippen LogP contribution in [-0.4, -0.2) is 15.4 Å². The number of aromatic nitrogens is 1. The number of pyridine rings is 1. The van der Waals surface area contributed by atoms with E-state index >= 15 is 0 Å². The van der Waals surface area contributed by atoms with Gasteiger partial charge in [-0.05, 0) is 12.0 Å². The number of carbonyl (C=O) groups is 1. The van der Waals surface area contributed by atoms with Crippen LogP contribution in [0.2, 0.25) is 0 Å². The number of aryl methyl sites for hydroxylation is 2. The Balaban J connectivity index is 2.36. The monoisotopic (exact) mass is 287 g/mol. The molecule has 2 aromatic rings. The topological polar surface area (TPSA) is 108 Å². The second-order valence-corrected chi connectivity index (χ2v) is 4.47. The summed E-state index contributed by atoms with van der Waals surface area (Å²) in [7, 11) is 0. The number of rotatable bonds is 5. The average Bonchev–Trinajstić information content (AvgIpc) is 2.46. The van der Waals surface area contributed by atoms with Crippen molar-refractivity contribution < 1.29 is 9.72 Å². The van der Waals surface area contributed by atoms with Gasteiger partial charge in [-0.1, -0.05) is 30.3 Å². The normalized spacial score (nSPS) is 10.3. The van der Waals surface area contributed by atoms with Crippen LogP contribution in [-0.2, 0) is 13.0 Å². The van der Waals surface area contributed by atoms with Crippen molar-refractivity contribution in [3.8, 4) is 0 Å². The van der Waals surface area contributed by atoms with Gasteiger partial charge in [-0.15, -0.1) is 0 Å². The first-order valence-corrected chi connectivity index (χ1v) is 6.21. The van der Waals surface area contributed by atoms with Gasteiger partial charge in [0, 0.05) is 12.6 Å². The predicted molar refractivity (Wildman–Crippen MR) is 76.0 cm³/mol. The molecule has 0 aliphatic carbocycles. The van der Waals surface area contributed by atoms with Crippen LogP contribution in [0, 0.1) is 10.1 Å². The van der Waals surface area contributed by atoms with E-state index in [9.17, 15) is 19.7 Å². The Morgan fingerprint density at radius 3 is 2.52 bits per heavy atom. The van der Waals surface area contributed by atoms with Crippen molar-refractivity contribution in [2.45, 2.75) is 13.0 Å². The number of hydrogen-bond acceptors (Lipinski definition) is 4. The van der Waals surface area contributed by atoms with Crippen LogP contribution >= 0.6 is 0 Å². The molecule has 1 aromatic carbocycles. The third-order valence-electron chi connectivity index (χ3n) is 3.03. The van der Waals surface area contributed by atoms with Crippen molar-refractivity contribution in [3.63, 3.8) is 0 Å². The van der Waals surface area contributed by atoms with Crippen molar-refractivity contribution in [3.05, 3.63) is 74.2 Å². The van der Waals surface area contributed by atoms with Crippen molar-refractivity contribution >= 4 is 11.6 Å². The molecule has 0 saturated heterocycles. The molecule has 2 N–H and O–H groups in total. The van der Waals surface area contributed by atoms with Gasteiger partial charge in [-0.3, -0.25) is 19.7 Å². The molecule has 7 heteroatoms. The van der Waals surface area contributed by atoms with Gasteiger partial charge < -0.3 is 10.3 Å². The van der Waals surface area contributed by atoms with Crippen LogP contribution in [0.4, 0.5) is 5.69 Å². The Bertz CT molecular complexity index is 738. The maximum Gasteiger partial charge on any atom is 0.286 e. The van der Waals surface area contributed by atoms with Crippen LogP contribution in [0.1, 0.15) is 15.9 Å². The van der Waals surface area contributed by atoms with E-state index < -0.39 is 16.4 Å². The van der Waals surface area contributed by atoms with Crippen molar-refractivity contribution in [2.75, 3.05) is 0 Å². The summed E-state index contributed by atoms with van der Waals surface area (Å²) in [5.74, 6) is -0.975. The summed E-state index contributed by atoms with van der Waals surface area (Å²) in [6, 6.07) is 10.3. The van der Waals surface area contributed by atoms with Crippen LogP contribution in [0.3, 0.4) is 0 Å². The molecule has 0 bridgehead atoms. The Kier molecular flexibility index (Phi) is 4.13. The number of nitrogens with two attached hydrogens (primary N) is 1. The molecule has 1 aromatic heterocycles. The maximum absolute atomic E-state index is 12.0. The van der Waals surface area contributed by atoms with Gasteiger partial charge in [0.2, 0.25) is 0 Å². The maximum atomic E-state index is 12.0. The number of benzene rings is 1. The molecular formula is C14H13N3O4. The number of nitro groups is 1. The predicted octanol–water partition coefficient (Wildman–Crippen LogP) is 1.10. The molecule has 1 heterocycles. The Morgan fingerprint density at radius 2 is 1.95 bits per heavy atom. The zero-order chi connectivity index (χ0) is 15.4. The summed E-state index contributed by atoms with van der Waals surface area (Å²) >= 11 is 0. The summed E-state index contributed by atoms with van der Waals surface area (Å²) in [4.78, 5) is 33.4. The molecule has 0 radical (unpaired) electrons. The fourth-order valence-electron chi connectivity index (χ4n) is 1.96. The second-order valence-electron chi connectivity index (χ2n) is 4.47. The lowest BCUT2D eigenvalue weighted by Gasteiger charge is -2.07. The molecule has 2 rings (SSSR count). The summed E-state index contributed by atoms with van der Waals surface area (Å²) in [5.41, 5.74) is 4.73. The molecule has 0 saturated carbocycles. The third-order valence-corrected chi connectivity index (χ3v) is 3.03. The zero-order valence-corrected chi connectivity index (χ0v) is 11.1. The second kappa shape index (κ2) is 6.00. The van der Waals surface area contributed by atoms with Gasteiger partial charge in [-0.25, -0.2) is 0 Å². The molecule has 0 aliphatic rings. The van der Waals surface area contributed by atoms with Crippen molar-refractivity contribution in [1.82, 2.24) is 4.57 Å². The minimum absolute atomic E-state index is 0.227. The fourth-order valence-corrected chi connectivity index (χ4v) is 1.96. The van der Waals surface area contributed by atoms with Crippen LogP contribution in [0.5, 0.6) is 0 Å².